The molecule has 0 amide bonds. The van der Waals surface area contributed by atoms with Crippen molar-refractivity contribution in [1.82, 2.24) is 5.32 Å². The summed E-state index contributed by atoms with van der Waals surface area (Å²) in [4.78, 5) is 0. The highest BCUT2D eigenvalue weighted by molar-refractivity contribution is 7.92. The van der Waals surface area contributed by atoms with Crippen LogP contribution >= 0.6 is 0 Å². The van der Waals surface area contributed by atoms with Crippen molar-refractivity contribution in [3.63, 3.8) is 0 Å². The van der Waals surface area contributed by atoms with Crippen LogP contribution in [-0.4, -0.2) is 32.5 Å². The summed E-state index contributed by atoms with van der Waals surface area (Å²) in [7, 11) is -0.972. The Balaban J connectivity index is 2.56. The summed E-state index contributed by atoms with van der Waals surface area (Å²) in [5, 5.41) is 3.25. The summed E-state index contributed by atoms with van der Waals surface area (Å²) in [5.74, 6) is 1.60. The van der Waals surface area contributed by atoms with E-state index in [0.29, 0.717) is 17.6 Å². The molecule has 4 heteroatoms. The molecule has 0 aliphatic heterocycles. The van der Waals surface area contributed by atoms with Gasteiger partial charge >= 0.3 is 0 Å². The van der Waals surface area contributed by atoms with Gasteiger partial charge in [-0.25, -0.2) is 8.42 Å². The van der Waals surface area contributed by atoms with Gasteiger partial charge in [0, 0.05) is 0 Å². The quantitative estimate of drug-likeness (QED) is 0.839. The van der Waals surface area contributed by atoms with E-state index in [1.54, 1.807) is 20.8 Å². The largest absolute Gasteiger partial charge is 0.319 e. The SMILES string of the molecule is CNCC1CCCCC1CCS(=O)(=O)C(C)(C)C. The van der Waals surface area contributed by atoms with Crippen LogP contribution in [0.15, 0.2) is 0 Å². The minimum absolute atomic E-state index is 0.349. The summed E-state index contributed by atoms with van der Waals surface area (Å²) in [6.07, 6.45) is 5.86. The van der Waals surface area contributed by atoms with Gasteiger partial charge in [0.25, 0.3) is 0 Å². The fraction of sp³-hybridized carbons (Fsp3) is 1.00. The number of rotatable bonds is 5. The smallest absolute Gasteiger partial charge is 0.155 e. The Labute approximate surface area is 113 Å². The van der Waals surface area contributed by atoms with Gasteiger partial charge in [0.05, 0.1) is 10.5 Å². The molecule has 108 valence electrons. The van der Waals surface area contributed by atoms with E-state index in [-0.39, 0.29) is 0 Å². The zero-order valence-electron chi connectivity index (χ0n) is 12.3. The topological polar surface area (TPSA) is 46.2 Å². The third kappa shape index (κ3) is 4.23. The first-order chi connectivity index (χ1) is 8.28. The second kappa shape index (κ2) is 6.38. The third-order valence-electron chi connectivity index (χ3n) is 4.22. The molecule has 0 bridgehead atoms. The summed E-state index contributed by atoms with van der Waals surface area (Å²) in [5.41, 5.74) is 0. The lowest BCUT2D eigenvalue weighted by atomic mass is 9.78. The Morgan fingerprint density at radius 3 is 2.17 bits per heavy atom. The molecule has 0 radical (unpaired) electrons. The van der Waals surface area contributed by atoms with Gasteiger partial charge in [0.1, 0.15) is 0 Å². The summed E-state index contributed by atoms with van der Waals surface area (Å²) >= 11 is 0. The zero-order valence-corrected chi connectivity index (χ0v) is 13.1. The van der Waals surface area contributed by atoms with E-state index in [2.05, 4.69) is 5.32 Å². The van der Waals surface area contributed by atoms with Crippen LogP contribution in [0.1, 0.15) is 52.9 Å². The molecule has 18 heavy (non-hydrogen) atoms. The minimum Gasteiger partial charge on any atom is -0.319 e. The van der Waals surface area contributed by atoms with Crippen LogP contribution < -0.4 is 5.32 Å². The van der Waals surface area contributed by atoms with Crippen molar-refractivity contribution < 1.29 is 8.42 Å². The maximum absolute atomic E-state index is 12.1. The standard InChI is InChI=1S/C14H29NO2S/c1-14(2,3)18(16,17)10-9-12-7-5-6-8-13(12)11-15-4/h12-13,15H,5-11H2,1-4H3. The molecule has 0 aromatic carbocycles. The summed E-state index contributed by atoms with van der Waals surface area (Å²) in [6.45, 7) is 6.43. The van der Waals surface area contributed by atoms with E-state index >= 15 is 0 Å². The molecule has 1 aliphatic carbocycles. The average Bonchev–Trinajstić information content (AvgIpc) is 2.27. The molecule has 0 aromatic heterocycles. The maximum atomic E-state index is 12.1. The molecule has 1 aliphatic rings. The molecule has 1 saturated carbocycles. The van der Waals surface area contributed by atoms with Gasteiger partial charge in [-0.1, -0.05) is 19.3 Å². The summed E-state index contributed by atoms with van der Waals surface area (Å²) < 4.78 is 23.7. The van der Waals surface area contributed by atoms with Crippen LogP contribution in [0.2, 0.25) is 0 Å². The van der Waals surface area contributed by atoms with E-state index in [4.69, 9.17) is 0 Å². The average molecular weight is 275 g/mol. The van der Waals surface area contributed by atoms with E-state index in [1.165, 1.54) is 25.7 Å². The van der Waals surface area contributed by atoms with Crippen LogP contribution in [0.3, 0.4) is 0 Å². The molecule has 1 N–H and O–H groups in total. The molecule has 2 atom stereocenters. The highest BCUT2D eigenvalue weighted by Crippen LogP contribution is 2.33. The molecular weight excluding hydrogens is 246 g/mol. The van der Waals surface area contributed by atoms with Gasteiger partial charge in [-0.15, -0.1) is 0 Å². The van der Waals surface area contributed by atoms with Crippen LogP contribution in [0, 0.1) is 11.8 Å². The molecule has 2 unspecified atom stereocenters. The fourth-order valence-corrected chi connectivity index (χ4v) is 4.03. The lowest BCUT2D eigenvalue weighted by Crippen LogP contribution is -2.34. The van der Waals surface area contributed by atoms with Crippen molar-refractivity contribution >= 4 is 9.84 Å². The van der Waals surface area contributed by atoms with Crippen molar-refractivity contribution in [3.8, 4) is 0 Å². The van der Waals surface area contributed by atoms with Gasteiger partial charge in [-0.3, -0.25) is 0 Å². The van der Waals surface area contributed by atoms with Gasteiger partial charge in [0.15, 0.2) is 9.84 Å². The first-order valence-corrected chi connectivity index (χ1v) is 8.80. The number of sulfone groups is 1. The Morgan fingerprint density at radius 1 is 1.11 bits per heavy atom. The lowest BCUT2D eigenvalue weighted by Gasteiger charge is -2.32. The molecule has 0 spiro atoms. The predicted molar refractivity (Wildman–Crippen MR) is 77.5 cm³/mol. The van der Waals surface area contributed by atoms with E-state index in [9.17, 15) is 8.42 Å². The van der Waals surface area contributed by atoms with Crippen molar-refractivity contribution in [2.24, 2.45) is 11.8 Å². The molecule has 3 nitrogen and oxygen atoms in total. The molecule has 0 saturated heterocycles. The van der Waals surface area contributed by atoms with E-state index < -0.39 is 14.6 Å². The summed E-state index contributed by atoms with van der Waals surface area (Å²) in [6, 6.07) is 0. The predicted octanol–water partition coefficient (Wildman–Crippen LogP) is 2.62. The number of hydrogen-bond donors (Lipinski definition) is 1. The normalized spacial score (nSPS) is 26.2. The monoisotopic (exact) mass is 275 g/mol. The van der Waals surface area contributed by atoms with Crippen molar-refractivity contribution in [2.45, 2.75) is 57.6 Å². The van der Waals surface area contributed by atoms with Crippen molar-refractivity contribution in [3.05, 3.63) is 0 Å². The lowest BCUT2D eigenvalue weighted by molar-refractivity contribution is 0.228. The maximum Gasteiger partial charge on any atom is 0.155 e. The van der Waals surface area contributed by atoms with Gasteiger partial charge < -0.3 is 5.32 Å². The highest BCUT2D eigenvalue weighted by atomic mass is 32.2. The Hall–Kier alpha value is -0.0900. The van der Waals surface area contributed by atoms with Crippen molar-refractivity contribution in [2.75, 3.05) is 19.3 Å². The van der Waals surface area contributed by atoms with Crippen LogP contribution in [0.4, 0.5) is 0 Å². The number of nitrogens with one attached hydrogen (secondary N) is 1. The zero-order chi connectivity index (χ0) is 13.8. The third-order valence-corrected chi connectivity index (χ3v) is 6.86. The van der Waals surface area contributed by atoms with E-state index in [0.717, 1.165) is 13.0 Å². The number of hydrogen-bond acceptors (Lipinski definition) is 3. The fourth-order valence-electron chi connectivity index (χ4n) is 2.81. The Morgan fingerprint density at radius 2 is 1.67 bits per heavy atom. The van der Waals surface area contributed by atoms with Crippen LogP contribution in [-0.2, 0) is 9.84 Å². The van der Waals surface area contributed by atoms with Crippen molar-refractivity contribution in [1.29, 1.82) is 0 Å². The van der Waals surface area contributed by atoms with E-state index in [1.807, 2.05) is 7.05 Å². The molecule has 1 rings (SSSR count). The second-order valence-corrected chi connectivity index (χ2v) is 9.44. The Bertz CT molecular complexity index is 341. The highest BCUT2D eigenvalue weighted by Gasteiger charge is 2.31. The first kappa shape index (κ1) is 16.0. The van der Waals surface area contributed by atoms with Gasteiger partial charge in [0.2, 0.25) is 0 Å². The Kier molecular flexibility index (Phi) is 5.66. The minimum atomic E-state index is -2.96. The van der Waals surface area contributed by atoms with Gasteiger partial charge in [-0.2, -0.15) is 0 Å². The van der Waals surface area contributed by atoms with Crippen LogP contribution in [0.25, 0.3) is 0 Å². The molecule has 0 heterocycles. The molecule has 1 fully saturated rings. The van der Waals surface area contributed by atoms with Crippen LogP contribution in [0.5, 0.6) is 0 Å². The molecule has 0 aromatic rings. The first-order valence-electron chi connectivity index (χ1n) is 7.15. The van der Waals surface area contributed by atoms with Gasteiger partial charge in [-0.05, 0) is 59.0 Å². The second-order valence-electron chi connectivity index (χ2n) is 6.58. The molecular formula is C14H29NO2S.